The van der Waals surface area contributed by atoms with Gasteiger partial charge in [0.1, 0.15) is 12.4 Å². The lowest BCUT2D eigenvalue weighted by molar-refractivity contribution is -0.144. The first-order valence-electron chi connectivity index (χ1n) is 6.81. The highest BCUT2D eigenvalue weighted by Gasteiger charge is 2.18. The lowest BCUT2D eigenvalue weighted by Gasteiger charge is -2.20. The maximum Gasteiger partial charge on any atom is 0.415 e. The van der Waals surface area contributed by atoms with Crippen LogP contribution in [0.3, 0.4) is 0 Å². The molecule has 0 spiro atoms. The van der Waals surface area contributed by atoms with Crippen molar-refractivity contribution in [2.45, 2.75) is 26.6 Å². The van der Waals surface area contributed by atoms with E-state index in [-0.39, 0.29) is 19.3 Å². The monoisotopic (exact) mass is 305 g/mol. The zero-order valence-corrected chi connectivity index (χ0v) is 13.3. The maximum atomic E-state index is 11.9. The molecule has 7 nitrogen and oxygen atoms in total. The van der Waals surface area contributed by atoms with E-state index in [0.717, 1.165) is 0 Å². The highest BCUT2D eigenvalue weighted by molar-refractivity contribution is 6.05. The minimum Gasteiger partial charge on any atom is -0.460 e. The molecule has 0 aliphatic carbocycles. The second kappa shape index (κ2) is 8.38. The van der Waals surface area contributed by atoms with Gasteiger partial charge in [0.2, 0.25) is 0 Å². The van der Waals surface area contributed by atoms with E-state index in [0.29, 0.717) is 11.4 Å². The number of esters is 1. The van der Waals surface area contributed by atoms with E-state index in [9.17, 15) is 9.59 Å². The summed E-state index contributed by atoms with van der Waals surface area (Å²) in [6.45, 7) is 3.49. The molecule has 0 saturated carbocycles. The van der Waals surface area contributed by atoms with Crippen molar-refractivity contribution < 1.29 is 19.1 Å². The Balaban J connectivity index is 2.77. The predicted octanol–water partition coefficient (Wildman–Crippen LogP) is 1.12. The Morgan fingerprint density at radius 1 is 1.36 bits per heavy atom. The molecular formula is C14H20BN3O4. The van der Waals surface area contributed by atoms with Gasteiger partial charge in [-0.15, -0.1) is 0 Å². The number of nitrogens with zero attached hydrogens (tertiary/aromatic N) is 3. The molecule has 2 radical (unpaired) electrons. The van der Waals surface area contributed by atoms with Crippen LogP contribution in [0.4, 0.5) is 10.6 Å². The summed E-state index contributed by atoms with van der Waals surface area (Å²) in [4.78, 5) is 30.1. The summed E-state index contributed by atoms with van der Waals surface area (Å²) >= 11 is 0. The molecule has 0 aromatic carbocycles. The van der Waals surface area contributed by atoms with Gasteiger partial charge in [0.25, 0.3) is 0 Å². The van der Waals surface area contributed by atoms with Crippen LogP contribution in [0.1, 0.15) is 19.4 Å². The first-order chi connectivity index (χ1) is 10.3. The van der Waals surface area contributed by atoms with Crippen LogP contribution in [0.5, 0.6) is 0 Å². The van der Waals surface area contributed by atoms with Crippen molar-refractivity contribution in [2.24, 2.45) is 0 Å². The van der Waals surface area contributed by atoms with Crippen LogP contribution in [0, 0.1) is 0 Å². The summed E-state index contributed by atoms with van der Waals surface area (Å²) in [5.74, 6) is -0.0886. The topological polar surface area (TPSA) is 72.0 Å². The summed E-state index contributed by atoms with van der Waals surface area (Å²) in [7, 11) is 8.49. The Labute approximate surface area is 131 Å². The summed E-state index contributed by atoms with van der Waals surface area (Å²) in [6, 6.07) is 3.42. The first kappa shape index (κ1) is 18.0. The standard InChI is InChI=1S/C14H20BN3O4/c1-10(2)22-14(20)18(4)13-11(6-5-7-16-13)9-21-12(19)8-17(3)15/h5-7,10H,8-9H2,1-4H3. The van der Waals surface area contributed by atoms with Crippen molar-refractivity contribution in [1.29, 1.82) is 0 Å². The Kier molecular flexibility index (Phi) is 6.84. The molecule has 0 aliphatic rings. The first-order valence-corrected chi connectivity index (χ1v) is 6.81. The van der Waals surface area contributed by atoms with Crippen LogP contribution in [0.2, 0.25) is 0 Å². The minimum atomic E-state index is -0.525. The molecule has 0 saturated heterocycles. The molecule has 0 fully saturated rings. The molecule has 118 valence electrons. The third kappa shape index (κ3) is 5.73. The average molecular weight is 305 g/mol. The number of hydrogen-bond donors (Lipinski definition) is 0. The van der Waals surface area contributed by atoms with Crippen LogP contribution >= 0.6 is 0 Å². The normalized spacial score (nSPS) is 10.6. The number of ether oxygens (including phenoxy) is 2. The van der Waals surface area contributed by atoms with Crippen LogP contribution in [0.15, 0.2) is 18.3 Å². The van der Waals surface area contributed by atoms with Gasteiger partial charge in [-0.3, -0.25) is 9.69 Å². The number of pyridine rings is 1. The number of aromatic nitrogens is 1. The number of hydrogen-bond acceptors (Lipinski definition) is 6. The van der Waals surface area contributed by atoms with Crippen LogP contribution < -0.4 is 4.90 Å². The van der Waals surface area contributed by atoms with E-state index in [2.05, 4.69) is 4.98 Å². The van der Waals surface area contributed by atoms with Crippen molar-refractivity contribution in [3.63, 3.8) is 0 Å². The highest BCUT2D eigenvalue weighted by Crippen LogP contribution is 2.18. The van der Waals surface area contributed by atoms with E-state index < -0.39 is 12.1 Å². The summed E-state index contributed by atoms with van der Waals surface area (Å²) in [5, 5.41) is 0. The van der Waals surface area contributed by atoms with Gasteiger partial charge in [-0.2, -0.15) is 0 Å². The van der Waals surface area contributed by atoms with Gasteiger partial charge in [0, 0.05) is 18.8 Å². The quantitative estimate of drug-likeness (QED) is 0.579. The summed E-state index contributed by atoms with van der Waals surface area (Å²) < 4.78 is 10.2. The van der Waals surface area contributed by atoms with Gasteiger partial charge < -0.3 is 14.3 Å². The van der Waals surface area contributed by atoms with Crippen molar-refractivity contribution in [2.75, 3.05) is 25.5 Å². The Morgan fingerprint density at radius 2 is 2.05 bits per heavy atom. The van der Waals surface area contributed by atoms with Crippen LogP contribution in [-0.2, 0) is 20.9 Å². The van der Waals surface area contributed by atoms with Crippen molar-refractivity contribution in [3.8, 4) is 0 Å². The number of likely N-dealkylation sites (N-methyl/N-ethyl adjacent to an activating group) is 1. The van der Waals surface area contributed by atoms with E-state index in [1.54, 1.807) is 46.3 Å². The molecule has 22 heavy (non-hydrogen) atoms. The molecule has 1 heterocycles. The third-order valence-corrected chi connectivity index (χ3v) is 2.56. The molecule has 1 aromatic rings. The zero-order valence-electron chi connectivity index (χ0n) is 13.3. The van der Waals surface area contributed by atoms with Gasteiger partial charge in [0.15, 0.2) is 7.98 Å². The molecule has 1 amide bonds. The van der Waals surface area contributed by atoms with Gasteiger partial charge in [0.05, 0.1) is 12.6 Å². The van der Waals surface area contributed by atoms with Gasteiger partial charge in [-0.1, -0.05) is 6.07 Å². The Morgan fingerprint density at radius 3 is 2.64 bits per heavy atom. The van der Waals surface area contributed by atoms with Gasteiger partial charge in [-0.05, 0) is 27.0 Å². The maximum absolute atomic E-state index is 11.9. The molecule has 1 rings (SSSR count). The fraction of sp³-hybridized carbons (Fsp3) is 0.500. The van der Waals surface area contributed by atoms with E-state index in [1.165, 1.54) is 9.71 Å². The fourth-order valence-corrected chi connectivity index (χ4v) is 1.62. The number of anilines is 1. The fourth-order valence-electron chi connectivity index (χ4n) is 1.62. The van der Waals surface area contributed by atoms with Gasteiger partial charge in [-0.25, -0.2) is 9.78 Å². The molecule has 0 atom stereocenters. The molecule has 0 unspecified atom stereocenters. The van der Waals surface area contributed by atoms with E-state index in [4.69, 9.17) is 17.5 Å². The SMILES string of the molecule is [B]N(C)CC(=O)OCc1cccnc1N(C)C(=O)OC(C)C. The molecule has 8 heteroatoms. The second-order valence-electron chi connectivity index (χ2n) is 5.05. The number of carbonyl (C=O) groups is 2. The second-order valence-corrected chi connectivity index (χ2v) is 5.05. The molecule has 0 aliphatic heterocycles. The summed E-state index contributed by atoms with van der Waals surface area (Å²) in [5.41, 5.74) is 0.596. The van der Waals surface area contributed by atoms with Crippen molar-refractivity contribution in [1.82, 2.24) is 9.79 Å². The third-order valence-electron chi connectivity index (χ3n) is 2.56. The average Bonchev–Trinajstić information content (AvgIpc) is 2.43. The van der Waals surface area contributed by atoms with Crippen molar-refractivity contribution >= 4 is 25.9 Å². The molecular weight excluding hydrogens is 285 g/mol. The Hall–Kier alpha value is -2.09. The molecule has 0 bridgehead atoms. The predicted molar refractivity (Wildman–Crippen MR) is 82.4 cm³/mol. The van der Waals surface area contributed by atoms with Crippen molar-refractivity contribution in [3.05, 3.63) is 23.9 Å². The van der Waals surface area contributed by atoms with Crippen LogP contribution in [0.25, 0.3) is 0 Å². The lowest BCUT2D eigenvalue weighted by atomic mass is 10.2. The molecule has 0 N–H and O–H groups in total. The minimum absolute atomic E-state index is 0.00482. The number of carbonyl (C=O) groups excluding carboxylic acids is 2. The van der Waals surface area contributed by atoms with Crippen LogP contribution in [-0.4, -0.2) is 56.6 Å². The number of rotatable bonds is 6. The van der Waals surface area contributed by atoms with E-state index >= 15 is 0 Å². The van der Waals surface area contributed by atoms with Gasteiger partial charge >= 0.3 is 12.1 Å². The van der Waals surface area contributed by atoms with E-state index in [1.807, 2.05) is 0 Å². The smallest absolute Gasteiger partial charge is 0.415 e. The molecule has 1 aromatic heterocycles. The number of amides is 1. The largest absolute Gasteiger partial charge is 0.460 e. The lowest BCUT2D eigenvalue weighted by Crippen LogP contribution is -2.31. The highest BCUT2D eigenvalue weighted by atomic mass is 16.6. The zero-order chi connectivity index (χ0) is 16.7. The summed E-state index contributed by atoms with van der Waals surface area (Å²) in [6.07, 6.45) is 0.788. The Bertz CT molecular complexity index is 523.